The van der Waals surface area contributed by atoms with E-state index in [1.807, 2.05) is 7.05 Å². The van der Waals surface area contributed by atoms with Crippen molar-refractivity contribution in [3.8, 4) is 0 Å². The topological polar surface area (TPSA) is 27.7 Å². The second-order valence-electron chi connectivity index (χ2n) is 6.47. The Bertz CT molecular complexity index is 250. The summed E-state index contributed by atoms with van der Waals surface area (Å²) in [5.41, 5.74) is 0. The van der Waals surface area contributed by atoms with E-state index in [-0.39, 0.29) is 0 Å². The van der Waals surface area contributed by atoms with E-state index in [1.54, 1.807) is 0 Å². The summed E-state index contributed by atoms with van der Waals surface area (Å²) in [4.78, 5) is 5.30. The van der Waals surface area contributed by atoms with Gasteiger partial charge in [-0.15, -0.1) is 0 Å². The Kier molecular flexibility index (Phi) is 6.07. The van der Waals surface area contributed by atoms with E-state index in [9.17, 15) is 0 Å². The summed E-state index contributed by atoms with van der Waals surface area (Å²) in [6.45, 7) is 12.5. The van der Waals surface area contributed by atoms with Gasteiger partial charge in [-0.3, -0.25) is 4.90 Å². The number of likely N-dealkylation sites (N-methyl/N-ethyl adjacent to an activating group) is 1. The van der Waals surface area contributed by atoms with E-state index >= 15 is 0 Å². The van der Waals surface area contributed by atoms with E-state index in [0.29, 0.717) is 6.10 Å². The predicted octanol–water partition coefficient (Wildman–Crippen LogP) is 1.03. The first kappa shape index (κ1) is 15.2. The third-order valence-electron chi connectivity index (χ3n) is 4.30. The minimum Gasteiger partial charge on any atom is -0.374 e. The maximum Gasteiger partial charge on any atom is 0.0826 e. The second kappa shape index (κ2) is 7.58. The Balaban J connectivity index is 1.74. The lowest BCUT2D eigenvalue weighted by Gasteiger charge is -2.42. The highest BCUT2D eigenvalue weighted by molar-refractivity contribution is 4.84. The van der Waals surface area contributed by atoms with Gasteiger partial charge < -0.3 is 15.0 Å². The number of nitrogens with one attached hydrogen (secondary N) is 1. The normalized spacial score (nSPS) is 28.1. The lowest BCUT2D eigenvalue weighted by Crippen LogP contribution is -2.53. The monoisotopic (exact) mass is 269 g/mol. The standard InChI is InChI=1S/C15H31N3O/c1-13(2)11-17-6-4-14(5-7-17)18-8-9-19-15(12-18)10-16-3/h13-16H,4-12H2,1-3H3. The smallest absolute Gasteiger partial charge is 0.0826 e. The summed E-state index contributed by atoms with van der Waals surface area (Å²) in [6.07, 6.45) is 3.05. The maximum atomic E-state index is 5.80. The van der Waals surface area contributed by atoms with Crippen LogP contribution in [-0.4, -0.2) is 74.9 Å². The van der Waals surface area contributed by atoms with Crippen LogP contribution in [0, 0.1) is 5.92 Å². The van der Waals surface area contributed by atoms with Crippen LogP contribution in [0.5, 0.6) is 0 Å². The zero-order valence-electron chi connectivity index (χ0n) is 12.9. The molecule has 4 heteroatoms. The molecule has 0 aliphatic carbocycles. The summed E-state index contributed by atoms with van der Waals surface area (Å²) in [6, 6.07) is 0.784. The van der Waals surface area contributed by atoms with Crippen LogP contribution in [0.15, 0.2) is 0 Å². The summed E-state index contributed by atoms with van der Waals surface area (Å²) in [5, 5.41) is 3.23. The Morgan fingerprint density at radius 3 is 2.58 bits per heavy atom. The van der Waals surface area contributed by atoms with Gasteiger partial charge in [0.15, 0.2) is 0 Å². The van der Waals surface area contributed by atoms with Crippen molar-refractivity contribution in [3.05, 3.63) is 0 Å². The van der Waals surface area contributed by atoms with Crippen LogP contribution < -0.4 is 5.32 Å². The van der Waals surface area contributed by atoms with Crippen molar-refractivity contribution in [1.82, 2.24) is 15.1 Å². The molecule has 112 valence electrons. The Morgan fingerprint density at radius 2 is 1.95 bits per heavy atom. The van der Waals surface area contributed by atoms with Gasteiger partial charge in [0.25, 0.3) is 0 Å². The number of hydrogen-bond donors (Lipinski definition) is 1. The molecule has 1 atom stereocenters. The Morgan fingerprint density at radius 1 is 1.21 bits per heavy atom. The molecule has 2 heterocycles. The molecule has 0 saturated carbocycles. The molecule has 4 nitrogen and oxygen atoms in total. The number of nitrogens with zero attached hydrogens (tertiary/aromatic N) is 2. The summed E-state index contributed by atoms with van der Waals surface area (Å²) in [7, 11) is 2.01. The molecule has 19 heavy (non-hydrogen) atoms. The molecular weight excluding hydrogens is 238 g/mol. The van der Waals surface area contributed by atoms with Crippen molar-refractivity contribution >= 4 is 0 Å². The highest BCUT2D eigenvalue weighted by atomic mass is 16.5. The number of morpholine rings is 1. The molecule has 0 amide bonds. The van der Waals surface area contributed by atoms with Gasteiger partial charge in [-0.2, -0.15) is 0 Å². The van der Waals surface area contributed by atoms with Gasteiger partial charge in [-0.05, 0) is 38.9 Å². The lowest BCUT2D eigenvalue weighted by molar-refractivity contribution is -0.0501. The molecule has 0 aromatic rings. The fourth-order valence-corrected chi connectivity index (χ4v) is 3.41. The molecular formula is C15H31N3O. The van der Waals surface area contributed by atoms with Gasteiger partial charge in [-0.1, -0.05) is 13.8 Å². The number of likely N-dealkylation sites (tertiary alicyclic amines) is 1. The minimum absolute atomic E-state index is 0.382. The maximum absolute atomic E-state index is 5.80. The third-order valence-corrected chi connectivity index (χ3v) is 4.30. The van der Waals surface area contributed by atoms with Crippen LogP contribution in [0.2, 0.25) is 0 Å². The average molecular weight is 269 g/mol. The molecule has 2 aliphatic heterocycles. The summed E-state index contributed by atoms with van der Waals surface area (Å²) in [5.74, 6) is 0.792. The van der Waals surface area contributed by atoms with Gasteiger partial charge in [0.2, 0.25) is 0 Å². The highest BCUT2D eigenvalue weighted by Crippen LogP contribution is 2.19. The lowest BCUT2D eigenvalue weighted by atomic mass is 10.0. The molecule has 0 aromatic heterocycles. The average Bonchev–Trinajstić information content (AvgIpc) is 2.40. The van der Waals surface area contributed by atoms with E-state index in [4.69, 9.17) is 4.74 Å². The number of rotatable bonds is 5. The minimum atomic E-state index is 0.382. The molecule has 1 N–H and O–H groups in total. The van der Waals surface area contributed by atoms with Gasteiger partial charge in [-0.25, -0.2) is 0 Å². The van der Waals surface area contributed by atoms with Crippen LogP contribution in [0.4, 0.5) is 0 Å². The second-order valence-corrected chi connectivity index (χ2v) is 6.47. The van der Waals surface area contributed by atoms with E-state index < -0.39 is 0 Å². The number of piperidine rings is 1. The van der Waals surface area contributed by atoms with E-state index in [0.717, 1.165) is 38.2 Å². The van der Waals surface area contributed by atoms with Gasteiger partial charge in [0, 0.05) is 32.2 Å². The number of hydrogen-bond acceptors (Lipinski definition) is 4. The van der Waals surface area contributed by atoms with Crippen molar-refractivity contribution in [2.24, 2.45) is 5.92 Å². The summed E-state index contributed by atoms with van der Waals surface area (Å²) < 4.78 is 5.80. The largest absolute Gasteiger partial charge is 0.374 e. The Hall–Kier alpha value is -0.160. The molecule has 2 rings (SSSR count). The van der Waals surface area contributed by atoms with Crippen LogP contribution in [0.3, 0.4) is 0 Å². The van der Waals surface area contributed by atoms with E-state index in [1.165, 1.54) is 32.5 Å². The van der Waals surface area contributed by atoms with Crippen molar-refractivity contribution < 1.29 is 4.74 Å². The zero-order chi connectivity index (χ0) is 13.7. The van der Waals surface area contributed by atoms with Crippen LogP contribution in [0.1, 0.15) is 26.7 Å². The van der Waals surface area contributed by atoms with Crippen molar-refractivity contribution in [1.29, 1.82) is 0 Å². The molecule has 2 aliphatic rings. The molecule has 0 radical (unpaired) electrons. The Labute approximate surface area is 118 Å². The molecule has 0 bridgehead atoms. The van der Waals surface area contributed by atoms with Gasteiger partial charge >= 0.3 is 0 Å². The fourth-order valence-electron chi connectivity index (χ4n) is 3.41. The van der Waals surface area contributed by atoms with Gasteiger partial charge in [0.1, 0.15) is 0 Å². The van der Waals surface area contributed by atoms with Crippen molar-refractivity contribution in [2.75, 3.05) is 52.9 Å². The van der Waals surface area contributed by atoms with Crippen LogP contribution in [0.25, 0.3) is 0 Å². The SMILES string of the molecule is CNCC1CN(C2CCN(CC(C)C)CC2)CCO1. The first-order valence-electron chi connectivity index (χ1n) is 7.91. The molecule has 0 aromatic carbocycles. The van der Waals surface area contributed by atoms with Crippen LogP contribution >= 0.6 is 0 Å². The quantitative estimate of drug-likeness (QED) is 0.807. The van der Waals surface area contributed by atoms with Gasteiger partial charge in [0.05, 0.1) is 12.7 Å². The van der Waals surface area contributed by atoms with Crippen molar-refractivity contribution in [2.45, 2.75) is 38.8 Å². The fraction of sp³-hybridized carbons (Fsp3) is 1.00. The molecule has 0 spiro atoms. The molecule has 2 fully saturated rings. The first-order valence-corrected chi connectivity index (χ1v) is 7.91. The highest BCUT2D eigenvalue weighted by Gasteiger charge is 2.28. The molecule has 1 unspecified atom stereocenters. The predicted molar refractivity (Wildman–Crippen MR) is 79.5 cm³/mol. The zero-order valence-corrected chi connectivity index (χ0v) is 12.9. The van der Waals surface area contributed by atoms with E-state index in [2.05, 4.69) is 29.0 Å². The van der Waals surface area contributed by atoms with Crippen molar-refractivity contribution in [3.63, 3.8) is 0 Å². The number of ether oxygens (including phenoxy) is 1. The molecule has 2 saturated heterocycles. The van der Waals surface area contributed by atoms with Crippen LogP contribution in [-0.2, 0) is 4.74 Å². The first-order chi connectivity index (χ1) is 9.19. The summed E-state index contributed by atoms with van der Waals surface area (Å²) >= 11 is 0. The third kappa shape index (κ3) is 4.71.